The zero-order chi connectivity index (χ0) is 20.4. The van der Waals surface area contributed by atoms with E-state index in [9.17, 15) is 4.79 Å². The van der Waals surface area contributed by atoms with Crippen LogP contribution in [-0.4, -0.2) is 56.5 Å². The molecule has 4 rings (SSSR count). The first-order chi connectivity index (χ1) is 14.0. The van der Waals surface area contributed by atoms with E-state index in [0.29, 0.717) is 29.5 Å². The lowest BCUT2D eigenvalue weighted by atomic mass is 10.2. The van der Waals surface area contributed by atoms with Crippen LogP contribution in [0.1, 0.15) is 26.8 Å². The molecule has 3 heterocycles. The highest BCUT2D eigenvalue weighted by Crippen LogP contribution is 2.22. The third-order valence-corrected chi connectivity index (χ3v) is 5.70. The Labute approximate surface area is 173 Å². The minimum Gasteiger partial charge on any atom is -0.353 e. The molecule has 1 amide bonds. The Morgan fingerprint density at radius 2 is 1.76 bits per heavy atom. The Morgan fingerprint density at radius 3 is 2.41 bits per heavy atom. The second-order valence-corrected chi connectivity index (χ2v) is 7.87. The number of aromatic nitrogens is 4. The van der Waals surface area contributed by atoms with Crippen LogP contribution in [0.2, 0.25) is 0 Å². The Balaban J connectivity index is 1.44. The second-order valence-electron chi connectivity index (χ2n) is 7.12. The minimum atomic E-state index is 0.0118. The Morgan fingerprint density at radius 1 is 1.03 bits per heavy atom. The third-order valence-electron chi connectivity index (χ3n) is 4.89. The second kappa shape index (κ2) is 8.12. The molecule has 9 heteroatoms. The number of rotatable bonds is 4. The number of carbonyl (C=O) groups excluding carboxylic acids is 1. The van der Waals surface area contributed by atoms with Gasteiger partial charge in [0.05, 0.1) is 5.69 Å². The van der Waals surface area contributed by atoms with E-state index in [1.165, 1.54) is 5.56 Å². The van der Waals surface area contributed by atoms with Gasteiger partial charge in [0.2, 0.25) is 0 Å². The maximum Gasteiger partial charge on any atom is 0.267 e. The zero-order valence-electron chi connectivity index (χ0n) is 16.7. The highest BCUT2D eigenvalue weighted by molar-refractivity contribution is 7.07. The van der Waals surface area contributed by atoms with Crippen molar-refractivity contribution < 1.29 is 4.79 Å². The highest BCUT2D eigenvalue weighted by atomic mass is 32.1. The van der Waals surface area contributed by atoms with E-state index in [4.69, 9.17) is 0 Å². The van der Waals surface area contributed by atoms with Gasteiger partial charge in [0.1, 0.15) is 22.3 Å². The number of nitrogens with zero attached hydrogens (tertiary/aromatic N) is 6. The summed E-state index contributed by atoms with van der Waals surface area (Å²) in [5, 5.41) is 7.29. The largest absolute Gasteiger partial charge is 0.353 e. The average molecular weight is 410 g/mol. The summed E-state index contributed by atoms with van der Waals surface area (Å²) in [6.45, 7) is 8.49. The van der Waals surface area contributed by atoms with Crippen LogP contribution in [0.4, 0.5) is 17.3 Å². The lowest BCUT2D eigenvalue weighted by Gasteiger charge is -2.35. The summed E-state index contributed by atoms with van der Waals surface area (Å²) in [5.74, 6) is 2.36. The molecule has 0 unspecified atom stereocenters. The van der Waals surface area contributed by atoms with Gasteiger partial charge in [-0.05, 0) is 44.4 Å². The predicted octanol–water partition coefficient (Wildman–Crippen LogP) is 2.96. The number of hydrogen-bond acceptors (Lipinski definition) is 8. The number of piperazine rings is 1. The highest BCUT2D eigenvalue weighted by Gasteiger charge is 2.25. The quantitative estimate of drug-likeness (QED) is 0.709. The molecule has 0 radical (unpaired) electrons. The van der Waals surface area contributed by atoms with Crippen LogP contribution in [0.5, 0.6) is 0 Å². The van der Waals surface area contributed by atoms with Crippen LogP contribution in [0.25, 0.3) is 0 Å². The summed E-state index contributed by atoms with van der Waals surface area (Å²) in [7, 11) is 0. The number of hydrogen-bond donors (Lipinski definition) is 1. The first-order valence-electron chi connectivity index (χ1n) is 9.52. The molecule has 1 aliphatic heterocycles. The number of carbonyl (C=O) groups is 1. The molecule has 1 fully saturated rings. The Kier molecular flexibility index (Phi) is 5.39. The van der Waals surface area contributed by atoms with Gasteiger partial charge in [0, 0.05) is 37.9 Å². The van der Waals surface area contributed by atoms with Crippen molar-refractivity contribution in [3.8, 4) is 0 Å². The smallest absolute Gasteiger partial charge is 0.267 e. The number of aryl methyl sites for hydroxylation is 3. The molecule has 0 bridgehead atoms. The summed E-state index contributed by atoms with van der Waals surface area (Å²) in [5.41, 5.74) is 2.90. The molecular formula is C20H23N7OS. The van der Waals surface area contributed by atoms with Gasteiger partial charge < -0.3 is 15.1 Å². The summed E-state index contributed by atoms with van der Waals surface area (Å²) >= 11 is 1.16. The third kappa shape index (κ3) is 4.34. The van der Waals surface area contributed by atoms with Crippen molar-refractivity contribution in [2.75, 3.05) is 36.4 Å². The number of anilines is 3. The van der Waals surface area contributed by atoms with Gasteiger partial charge >= 0.3 is 0 Å². The fourth-order valence-corrected chi connectivity index (χ4v) is 3.90. The van der Waals surface area contributed by atoms with E-state index < -0.39 is 0 Å². The fourth-order valence-electron chi connectivity index (χ4n) is 3.27. The number of amides is 1. The number of nitrogens with one attached hydrogen (secondary N) is 1. The van der Waals surface area contributed by atoms with Crippen molar-refractivity contribution in [1.82, 2.24) is 24.5 Å². The molecule has 0 aliphatic carbocycles. The summed E-state index contributed by atoms with van der Waals surface area (Å²) in [4.78, 5) is 26.4. The molecule has 0 atom stereocenters. The maximum absolute atomic E-state index is 12.7. The van der Waals surface area contributed by atoms with Gasteiger partial charge in [0.25, 0.3) is 5.91 Å². The fraction of sp³-hybridized carbons (Fsp3) is 0.350. The van der Waals surface area contributed by atoms with Crippen molar-refractivity contribution in [3.05, 3.63) is 52.3 Å². The normalized spacial score (nSPS) is 14.2. The standard InChI is InChI=1S/C20H23N7OS/c1-13-4-6-16(7-5-13)23-17-12-18(22-15(3)21-17)26-8-10-27(11-9-26)20(28)19-14(2)24-25-29-19/h4-7,12H,8-11H2,1-3H3,(H,21,22,23). The van der Waals surface area contributed by atoms with Gasteiger partial charge in [-0.25, -0.2) is 9.97 Å². The molecule has 29 heavy (non-hydrogen) atoms. The van der Waals surface area contributed by atoms with Crippen molar-refractivity contribution in [1.29, 1.82) is 0 Å². The van der Waals surface area contributed by atoms with E-state index in [0.717, 1.165) is 41.9 Å². The Bertz CT molecular complexity index is 1010. The van der Waals surface area contributed by atoms with E-state index >= 15 is 0 Å². The van der Waals surface area contributed by atoms with Crippen molar-refractivity contribution in [2.45, 2.75) is 20.8 Å². The van der Waals surface area contributed by atoms with Crippen molar-refractivity contribution >= 4 is 34.8 Å². The molecule has 2 aromatic heterocycles. The van der Waals surface area contributed by atoms with Crippen LogP contribution in [0.3, 0.4) is 0 Å². The SMILES string of the molecule is Cc1ccc(Nc2cc(N3CCN(C(=O)c4snnc4C)CC3)nc(C)n2)cc1. The zero-order valence-corrected chi connectivity index (χ0v) is 17.5. The van der Waals surface area contributed by atoms with E-state index in [1.807, 2.05) is 36.9 Å². The van der Waals surface area contributed by atoms with Crippen LogP contribution in [0.15, 0.2) is 30.3 Å². The molecule has 1 saturated heterocycles. The van der Waals surface area contributed by atoms with Gasteiger partial charge in [-0.15, -0.1) is 5.10 Å². The lowest BCUT2D eigenvalue weighted by molar-refractivity contribution is 0.0750. The van der Waals surface area contributed by atoms with E-state index in [-0.39, 0.29) is 5.91 Å². The topological polar surface area (TPSA) is 87.1 Å². The first-order valence-corrected chi connectivity index (χ1v) is 10.3. The molecular weight excluding hydrogens is 386 g/mol. The summed E-state index contributed by atoms with van der Waals surface area (Å²) < 4.78 is 3.87. The molecule has 0 spiro atoms. The Hall–Kier alpha value is -3.07. The molecule has 3 aromatic rings. The van der Waals surface area contributed by atoms with Crippen LogP contribution in [-0.2, 0) is 0 Å². The van der Waals surface area contributed by atoms with E-state index in [2.05, 4.69) is 48.8 Å². The molecule has 150 valence electrons. The summed E-state index contributed by atoms with van der Waals surface area (Å²) in [6.07, 6.45) is 0. The monoisotopic (exact) mass is 409 g/mol. The maximum atomic E-state index is 12.7. The minimum absolute atomic E-state index is 0.0118. The van der Waals surface area contributed by atoms with Crippen molar-refractivity contribution in [2.24, 2.45) is 0 Å². The predicted molar refractivity (Wildman–Crippen MR) is 114 cm³/mol. The van der Waals surface area contributed by atoms with Gasteiger partial charge in [-0.1, -0.05) is 22.2 Å². The molecule has 1 aliphatic rings. The summed E-state index contributed by atoms with van der Waals surface area (Å²) in [6, 6.07) is 10.2. The molecule has 0 saturated carbocycles. The number of benzene rings is 1. The van der Waals surface area contributed by atoms with Crippen molar-refractivity contribution in [3.63, 3.8) is 0 Å². The lowest BCUT2D eigenvalue weighted by Crippen LogP contribution is -2.49. The molecule has 8 nitrogen and oxygen atoms in total. The average Bonchev–Trinajstić information content (AvgIpc) is 3.15. The van der Waals surface area contributed by atoms with E-state index in [1.54, 1.807) is 0 Å². The molecule has 1 N–H and O–H groups in total. The van der Waals surface area contributed by atoms with Gasteiger partial charge in [-0.3, -0.25) is 4.79 Å². The van der Waals surface area contributed by atoms with Crippen LogP contribution >= 0.6 is 11.5 Å². The van der Waals surface area contributed by atoms with Gasteiger partial charge in [-0.2, -0.15) is 0 Å². The van der Waals surface area contributed by atoms with Gasteiger partial charge in [0.15, 0.2) is 0 Å². The first kappa shape index (κ1) is 19.3. The molecule has 1 aromatic carbocycles. The van der Waals surface area contributed by atoms with Crippen LogP contribution in [0, 0.1) is 20.8 Å². The van der Waals surface area contributed by atoms with Crippen LogP contribution < -0.4 is 10.2 Å².